The Kier molecular flexibility index (Phi) is 5.49. The largest absolute Gasteiger partial charge is 0.368 e. The summed E-state index contributed by atoms with van der Waals surface area (Å²) in [5, 5.41) is 3.71. The molecule has 0 amide bonds. The molecule has 3 N–H and O–H groups in total. The molecule has 0 aliphatic rings. The van der Waals surface area contributed by atoms with Crippen LogP contribution in [-0.4, -0.2) is 21.0 Å². The second kappa shape index (κ2) is 7.35. The summed E-state index contributed by atoms with van der Waals surface area (Å²) in [6.07, 6.45) is 2.46. The van der Waals surface area contributed by atoms with Crippen molar-refractivity contribution in [1.29, 1.82) is 0 Å². The van der Waals surface area contributed by atoms with Crippen LogP contribution in [0.25, 0.3) is 0 Å². The lowest BCUT2D eigenvalue weighted by molar-refractivity contribution is 0.618. The van der Waals surface area contributed by atoms with E-state index >= 15 is 0 Å². The van der Waals surface area contributed by atoms with E-state index in [0.717, 1.165) is 24.8 Å². The Balaban J connectivity index is 2.00. The van der Waals surface area contributed by atoms with Gasteiger partial charge in [0.1, 0.15) is 11.6 Å². The number of rotatable bonds is 6. The van der Waals surface area contributed by atoms with Crippen molar-refractivity contribution >= 4 is 23.5 Å². The number of nitrogen functional groups attached to an aromatic ring is 1. The van der Waals surface area contributed by atoms with Gasteiger partial charge in [-0.2, -0.15) is 15.0 Å². The predicted molar refractivity (Wildman–Crippen MR) is 86.4 cm³/mol. The van der Waals surface area contributed by atoms with E-state index in [2.05, 4.69) is 27.2 Å². The predicted octanol–water partition coefficient (Wildman–Crippen LogP) is 3.38. The third-order valence-electron chi connectivity index (χ3n) is 3.37. The monoisotopic (exact) mass is 323 g/mol. The van der Waals surface area contributed by atoms with Crippen LogP contribution in [0.5, 0.6) is 0 Å². The highest BCUT2D eigenvalue weighted by Gasteiger charge is 2.11. The lowest BCUT2D eigenvalue weighted by Crippen LogP contribution is -2.21. The van der Waals surface area contributed by atoms with Crippen LogP contribution in [0, 0.1) is 12.7 Å². The minimum atomic E-state index is -0.324. The number of benzene rings is 1. The highest BCUT2D eigenvalue weighted by atomic mass is 35.5. The van der Waals surface area contributed by atoms with Crippen LogP contribution in [-0.2, 0) is 6.42 Å². The summed E-state index contributed by atoms with van der Waals surface area (Å²) >= 11 is 6.05. The summed E-state index contributed by atoms with van der Waals surface area (Å²) in [7, 11) is 0. The first-order chi connectivity index (χ1) is 10.5. The Bertz CT molecular complexity index is 630. The van der Waals surface area contributed by atoms with E-state index in [9.17, 15) is 4.39 Å². The quantitative estimate of drug-likeness (QED) is 0.852. The number of aryl methyl sites for hydroxylation is 2. The van der Waals surface area contributed by atoms with E-state index in [1.807, 2.05) is 0 Å². The molecule has 0 spiro atoms. The summed E-state index contributed by atoms with van der Waals surface area (Å²) < 4.78 is 13.0. The van der Waals surface area contributed by atoms with E-state index < -0.39 is 0 Å². The van der Waals surface area contributed by atoms with Crippen LogP contribution in [0.4, 0.5) is 16.3 Å². The van der Waals surface area contributed by atoms with E-state index in [-0.39, 0.29) is 17.8 Å². The first-order valence-corrected chi connectivity index (χ1v) is 7.54. The van der Waals surface area contributed by atoms with Gasteiger partial charge in [0.2, 0.25) is 11.9 Å². The molecule has 2 rings (SSSR count). The molecule has 0 saturated carbocycles. The third-order valence-corrected chi connectivity index (χ3v) is 3.72. The molecular formula is C15H19ClFN5. The SMILES string of the molecule is CCC(CCc1ccc(F)cc1Cl)Nc1nc(C)nc(N)n1. The molecule has 2 aromatic rings. The van der Waals surface area contributed by atoms with Crippen molar-refractivity contribution in [1.82, 2.24) is 15.0 Å². The number of nitrogens with zero attached hydrogens (tertiary/aromatic N) is 3. The maximum absolute atomic E-state index is 13.0. The number of halogens is 2. The van der Waals surface area contributed by atoms with Crippen molar-refractivity contribution in [2.75, 3.05) is 11.1 Å². The number of anilines is 2. The van der Waals surface area contributed by atoms with E-state index in [1.54, 1.807) is 13.0 Å². The van der Waals surface area contributed by atoms with Gasteiger partial charge in [0.25, 0.3) is 0 Å². The van der Waals surface area contributed by atoms with E-state index in [4.69, 9.17) is 17.3 Å². The van der Waals surface area contributed by atoms with Gasteiger partial charge in [0.05, 0.1) is 0 Å². The summed E-state index contributed by atoms with van der Waals surface area (Å²) in [6.45, 7) is 3.84. The molecule has 1 heterocycles. The summed E-state index contributed by atoms with van der Waals surface area (Å²) in [4.78, 5) is 12.2. The lowest BCUT2D eigenvalue weighted by atomic mass is 10.0. The zero-order valence-corrected chi connectivity index (χ0v) is 13.4. The Morgan fingerprint density at radius 3 is 2.73 bits per heavy atom. The molecule has 0 aliphatic heterocycles. The molecule has 1 unspecified atom stereocenters. The molecule has 118 valence electrons. The highest BCUT2D eigenvalue weighted by Crippen LogP contribution is 2.20. The fourth-order valence-electron chi connectivity index (χ4n) is 2.18. The molecule has 0 saturated heterocycles. The third kappa shape index (κ3) is 4.53. The average molecular weight is 324 g/mol. The van der Waals surface area contributed by atoms with Gasteiger partial charge in [-0.15, -0.1) is 0 Å². The number of hydrogen-bond acceptors (Lipinski definition) is 5. The fourth-order valence-corrected chi connectivity index (χ4v) is 2.44. The summed E-state index contributed by atoms with van der Waals surface area (Å²) in [5.41, 5.74) is 6.55. The molecule has 1 aromatic heterocycles. The topological polar surface area (TPSA) is 76.7 Å². The van der Waals surface area contributed by atoms with Crippen LogP contribution < -0.4 is 11.1 Å². The van der Waals surface area contributed by atoms with Crippen molar-refractivity contribution in [3.05, 3.63) is 40.4 Å². The average Bonchev–Trinajstić information content (AvgIpc) is 2.43. The maximum atomic E-state index is 13.0. The van der Waals surface area contributed by atoms with Crippen LogP contribution in [0.15, 0.2) is 18.2 Å². The second-order valence-electron chi connectivity index (χ2n) is 5.09. The normalized spacial score (nSPS) is 12.2. The van der Waals surface area contributed by atoms with Gasteiger partial charge in [0, 0.05) is 11.1 Å². The van der Waals surface area contributed by atoms with Crippen molar-refractivity contribution in [2.24, 2.45) is 0 Å². The van der Waals surface area contributed by atoms with Crippen molar-refractivity contribution < 1.29 is 4.39 Å². The maximum Gasteiger partial charge on any atom is 0.227 e. The van der Waals surface area contributed by atoms with Crippen LogP contribution >= 0.6 is 11.6 Å². The van der Waals surface area contributed by atoms with Crippen LogP contribution in [0.2, 0.25) is 5.02 Å². The second-order valence-corrected chi connectivity index (χ2v) is 5.50. The van der Waals surface area contributed by atoms with Crippen molar-refractivity contribution in [3.8, 4) is 0 Å². The molecular weight excluding hydrogens is 305 g/mol. The van der Waals surface area contributed by atoms with Crippen LogP contribution in [0.3, 0.4) is 0 Å². The minimum absolute atomic E-state index is 0.169. The molecule has 22 heavy (non-hydrogen) atoms. The Morgan fingerprint density at radius 1 is 1.32 bits per heavy atom. The number of nitrogens with one attached hydrogen (secondary N) is 1. The standard InChI is InChI=1S/C15H19ClFN5/c1-3-12(21-15-20-9(2)19-14(18)22-15)7-5-10-4-6-11(17)8-13(10)16/h4,6,8,12H,3,5,7H2,1-2H3,(H3,18,19,20,21,22). The fraction of sp³-hybridized carbons (Fsp3) is 0.400. The van der Waals surface area contributed by atoms with Gasteiger partial charge < -0.3 is 11.1 Å². The molecule has 0 aliphatic carbocycles. The first-order valence-electron chi connectivity index (χ1n) is 7.16. The van der Waals surface area contributed by atoms with Gasteiger partial charge >= 0.3 is 0 Å². The van der Waals surface area contributed by atoms with E-state index in [1.165, 1.54) is 12.1 Å². The zero-order valence-electron chi connectivity index (χ0n) is 12.6. The molecule has 1 aromatic carbocycles. The Hall–Kier alpha value is -1.95. The van der Waals surface area contributed by atoms with Crippen molar-refractivity contribution in [3.63, 3.8) is 0 Å². The molecule has 7 heteroatoms. The van der Waals surface area contributed by atoms with Gasteiger partial charge in [-0.3, -0.25) is 0 Å². The van der Waals surface area contributed by atoms with Crippen molar-refractivity contribution in [2.45, 2.75) is 39.2 Å². The van der Waals surface area contributed by atoms with Gasteiger partial charge in [-0.1, -0.05) is 24.6 Å². The zero-order chi connectivity index (χ0) is 16.1. The summed E-state index contributed by atoms with van der Waals surface area (Å²) in [5.74, 6) is 0.926. The lowest BCUT2D eigenvalue weighted by Gasteiger charge is -2.17. The number of aromatic nitrogens is 3. The molecule has 1 atom stereocenters. The minimum Gasteiger partial charge on any atom is -0.368 e. The smallest absolute Gasteiger partial charge is 0.227 e. The van der Waals surface area contributed by atoms with E-state index in [0.29, 0.717) is 16.8 Å². The Labute approximate surface area is 134 Å². The van der Waals surface area contributed by atoms with Crippen LogP contribution in [0.1, 0.15) is 31.2 Å². The van der Waals surface area contributed by atoms with Gasteiger partial charge in [-0.25, -0.2) is 4.39 Å². The highest BCUT2D eigenvalue weighted by molar-refractivity contribution is 6.31. The number of hydrogen-bond donors (Lipinski definition) is 2. The van der Waals surface area contributed by atoms with Gasteiger partial charge in [0.15, 0.2) is 0 Å². The summed E-state index contributed by atoms with van der Waals surface area (Å²) in [6, 6.07) is 4.64. The molecule has 0 fully saturated rings. The van der Waals surface area contributed by atoms with Gasteiger partial charge in [-0.05, 0) is 43.9 Å². The molecule has 0 bridgehead atoms. The number of nitrogens with two attached hydrogens (primary N) is 1. The molecule has 5 nitrogen and oxygen atoms in total. The Morgan fingerprint density at radius 2 is 2.09 bits per heavy atom. The molecule has 0 radical (unpaired) electrons. The first kappa shape index (κ1) is 16.4.